The minimum Gasteiger partial charge on any atom is -0.482 e. The van der Waals surface area contributed by atoms with Gasteiger partial charge in [-0.2, -0.15) is 0 Å². The van der Waals surface area contributed by atoms with E-state index < -0.39 is 56.5 Å². The van der Waals surface area contributed by atoms with Gasteiger partial charge in [-0.15, -0.1) is 0 Å². The second-order valence-electron chi connectivity index (χ2n) is 41.8. The van der Waals surface area contributed by atoms with Gasteiger partial charge >= 0.3 is 23.7 Å². The van der Waals surface area contributed by atoms with Crippen LogP contribution in [0.3, 0.4) is 0 Å². The number of rotatable bonds is 3. The third-order valence-electron chi connectivity index (χ3n) is 37.8. The Morgan fingerprint density at radius 1 is 0.480 bits per heavy atom. The van der Waals surface area contributed by atoms with Gasteiger partial charge in [-0.05, 0) is 313 Å². The highest BCUT2D eigenvalue weighted by molar-refractivity contribution is 6.02. The maximum Gasteiger partial charge on any atom is 0.317 e. The van der Waals surface area contributed by atoms with E-state index in [1.54, 1.807) is 20.3 Å². The molecule has 554 valence electrons. The van der Waals surface area contributed by atoms with Gasteiger partial charge in [0.1, 0.15) is 6.10 Å². The SMILES string of the molecule is COC(=O)[C@]1(C)CC[C@]2(C)CC[C@]3(C)C4=CC=C5C(=CC(=O)[C@@]6(O)Oc7c(cc8c(c7C)[C@H]7Oc9c(cc%10c(c9C)CC[C@H]9[C@@]%10(C)CC[C@@]%10(C)[C@@H]%11C[C@](C)(C(=O)OC)CC[C@]%11(C)CC[C@]9%10C)O[C@H]7[C@H]7[C@@]8(C)CC[C@@]8(C)[C@@H]9C[C@](C)(C(=O)OC)CC[C@]9(C)CC[C@]78C)O[C@@]56C)[C@]4(C)CC[C@@]3(C)[C@@H]2C1. The average Bonchev–Trinajstić information content (AvgIpc) is 0.670. The number of carbonyl (C=O) groups excluding carboxylic acids is 4. The highest BCUT2D eigenvalue weighted by Crippen LogP contribution is 2.81. The van der Waals surface area contributed by atoms with Crippen LogP contribution in [0.5, 0.6) is 23.0 Å². The molecule has 15 aliphatic rings. The van der Waals surface area contributed by atoms with Crippen LogP contribution in [0.2, 0.25) is 0 Å². The lowest BCUT2D eigenvalue weighted by atomic mass is 9.32. The summed E-state index contributed by atoms with van der Waals surface area (Å²) < 4.78 is 47.8. The maximum absolute atomic E-state index is 15.7. The molecule has 0 amide bonds. The third kappa shape index (κ3) is 8.03. The van der Waals surface area contributed by atoms with Crippen LogP contribution in [0.15, 0.2) is 47.1 Å². The van der Waals surface area contributed by atoms with E-state index >= 15 is 4.79 Å². The summed E-state index contributed by atoms with van der Waals surface area (Å²) in [5.74, 6) is 0.641. The molecule has 13 aliphatic carbocycles. The largest absolute Gasteiger partial charge is 0.482 e. The number of methoxy groups -OCH3 is 3. The van der Waals surface area contributed by atoms with E-state index in [4.69, 9.17) is 33.2 Å². The highest BCUT2D eigenvalue weighted by atomic mass is 16.7. The van der Waals surface area contributed by atoms with Crippen molar-refractivity contribution in [2.75, 3.05) is 21.3 Å². The Morgan fingerprint density at radius 2 is 0.961 bits per heavy atom. The summed E-state index contributed by atoms with van der Waals surface area (Å²) in [5.41, 5.74) is 4.98. The standard InChI is InChI=1S/C90H122O12/c1-50-52-22-24-59-80(9,35-41-85(14)61-47-77(6,71(92)96-19)29-26-74(61,3)32-38-83(59,85)12)54(52)44-57-66(50)100-68-65-51(2)67-58(45-56(65)82(11)37-43-87(16)63-49-79(8,73(94)98-21)31-28-76(63,5)34-40-88(87,17)70(82)69(68)99-57)101-89(18)53-23-25-60-81(10,55(53)46-64(91)90(89,95)102-67)36-42-86(15)62-48-78(7,72(93)97-20)30-27-75(62,4)33-39-84(60,86)13/h23,25,44-46,59,61-63,68-70,95H,22,24,26-43,47-49H2,1-21H3/t59-,61+,62+,63+,68+,69+,70-,74+,75+,76+,77+,78+,79+,80-,81-,82-,83+,84+,85-,86-,87-,88+,89-,90+/m0/s1. The lowest BCUT2D eigenvalue weighted by molar-refractivity contribution is -0.239. The van der Waals surface area contributed by atoms with E-state index in [1.807, 2.05) is 6.92 Å². The Labute approximate surface area is 609 Å². The fourth-order valence-electron chi connectivity index (χ4n) is 30.3. The minimum atomic E-state index is -2.41. The van der Waals surface area contributed by atoms with E-state index in [1.165, 1.54) is 36.7 Å². The summed E-state index contributed by atoms with van der Waals surface area (Å²) in [6.07, 6.45) is 27.4. The molecule has 2 aromatic rings. The molecule has 102 heavy (non-hydrogen) atoms. The van der Waals surface area contributed by atoms with Crippen molar-refractivity contribution in [2.24, 2.45) is 100.0 Å². The number of allylic oxidation sites excluding steroid dienone is 3. The van der Waals surface area contributed by atoms with Crippen molar-refractivity contribution in [3.8, 4) is 23.0 Å². The van der Waals surface area contributed by atoms with Gasteiger partial charge in [0.2, 0.25) is 11.4 Å². The Morgan fingerprint density at radius 3 is 1.53 bits per heavy atom. The van der Waals surface area contributed by atoms with Crippen LogP contribution in [0.1, 0.15) is 292 Å². The fourth-order valence-corrected chi connectivity index (χ4v) is 30.3. The Bertz CT molecular complexity index is 4200. The van der Waals surface area contributed by atoms with Gasteiger partial charge in [0.15, 0.2) is 29.1 Å². The molecule has 1 N–H and O–H groups in total. The quantitative estimate of drug-likeness (QED) is 0.230. The fraction of sp³-hybridized carbons (Fsp3) is 0.756. The second-order valence-corrected chi connectivity index (χ2v) is 41.8. The molecular weight excluding hydrogens is 1270 g/mol. The van der Waals surface area contributed by atoms with Crippen molar-refractivity contribution in [2.45, 2.75) is 307 Å². The first-order valence-electron chi connectivity index (χ1n) is 40.2. The summed E-state index contributed by atoms with van der Waals surface area (Å²) in [7, 11) is 4.66. The number of esters is 3. The van der Waals surface area contributed by atoms with E-state index in [-0.39, 0.29) is 83.9 Å². The zero-order chi connectivity index (χ0) is 73.1. The summed E-state index contributed by atoms with van der Waals surface area (Å²) >= 11 is 0. The van der Waals surface area contributed by atoms with E-state index in [0.29, 0.717) is 29.3 Å². The number of aliphatic hydroxyl groups is 1. The average molecular weight is 1400 g/mol. The molecule has 2 heterocycles. The number of ketones is 1. The zero-order valence-electron chi connectivity index (χ0n) is 66.1. The van der Waals surface area contributed by atoms with Gasteiger partial charge in [-0.25, -0.2) is 0 Å². The van der Waals surface area contributed by atoms with Gasteiger partial charge in [-0.1, -0.05) is 101 Å². The predicted octanol–water partition coefficient (Wildman–Crippen LogP) is 19.3. The number of benzene rings is 2. The van der Waals surface area contributed by atoms with Crippen molar-refractivity contribution in [3.63, 3.8) is 0 Å². The normalized spacial score (nSPS) is 50.7. The first kappa shape index (κ1) is 69.9. The number of hydrogen-bond acceptors (Lipinski definition) is 12. The molecule has 0 saturated heterocycles. The number of hydrogen-bond donors (Lipinski definition) is 1. The van der Waals surface area contributed by atoms with E-state index in [0.717, 1.165) is 180 Å². The smallest absolute Gasteiger partial charge is 0.317 e. The molecule has 0 radical (unpaired) electrons. The van der Waals surface area contributed by atoms with Gasteiger partial charge in [0.25, 0.3) is 0 Å². The summed E-state index contributed by atoms with van der Waals surface area (Å²) in [4.78, 5) is 57.0. The molecule has 0 spiro atoms. The van der Waals surface area contributed by atoms with Gasteiger partial charge < -0.3 is 38.3 Å². The first-order valence-corrected chi connectivity index (χ1v) is 40.2. The lowest BCUT2D eigenvalue weighted by Crippen LogP contribution is -2.70. The minimum absolute atomic E-state index is 0.0383. The second kappa shape index (κ2) is 20.8. The van der Waals surface area contributed by atoms with Crippen LogP contribution in [0.4, 0.5) is 0 Å². The molecule has 17 rings (SSSR count). The predicted molar refractivity (Wildman–Crippen MR) is 393 cm³/mol. The number of carbonyl (C=O) groups is 4. The Kier molecular flexibility index (Phi) is 14.2. The van der Waals surface area contributed by atoms with Gasteiger partial charge in [0.05, 0.1) is 37.6 Å². The van der Waals surface area contributed by atoms with E-state index in [9.17, 15) is 19.5 Å². The molecule has 0 aromatic heterocycles. The topological polar surface area (TPSA) is 153 Å². The monoisotopic (exact) mass is 1390 g/mol. The summed E-state index contributed by atoms with van der Waals surface area (Å²) in [5, 5.41) is 13.6. The van der Waals surface area contributed by atoms with Gasteiger partial charge in [-0.3, -0.25) is 19.2 Å². The van der Waals surface area contributed by atoms with Crippen LogP contribution in [-0.4, -0.2) is 67.6 Å². The highest BCUT2D eigenvalue weighted by Gasteiger charge is 2.76. The van der Waals surface area contributed by atoms with Crippen LogP contribution in [0, 0.1) is 114 Å². The molecule has 0 bridgehead atoms. The van der Waals surface area contributed by atoms with Crippen molar-refractivity contribution in [3.05, 3.63) is 80.5 Å². The van der Waals surface area contributed by atoms with Crippen molar-refractivity contribution < 1.29 is 57.4 Å². The Balaban J connectivity index is 0.782. The molecule has 9 saturated carbocycles. The van der Waals surface area contributed by atoms with Crippen molar-refractivity contribution in [1.29, 1.82) is 0 Å². The summed E-state index contributed by atoms with van der Waals surface area (Å²) in [6, 6.07) is 4.71. The van der Waals surface area contributed by atoms with Crippen LogP contribution in [0.25, 0.3) is 0 Å². The molecule has 0 unspecified atom stereocenters. The molecule has 9 fully saturated rings. The first-order chi connectivity index (χ1) is 47.5. The maximum atomic E-state index is 15.7. The molecule has 2 aliphatic heterocycles. The number of fused-ring (bicyclic) bond motifs is 28. The number of ether oxygens (including phenoxy) is 7. The van der Waals surface area contributed by atoms with Crippen molar-refractivity contribution >= 4 is 23.7 Å². The molecule has 12 heteroatoms. The van der Waals surface area contributed by atoms with Gasteiger partial charge in [0, 0.05) is 33.4 Å². The third-order valence-corrected chi connectivity index (χ3v) is 37.8. The van der Waals surface area contributed by atoms with Crippen molar-refractivity contribution in [1.82, 2.24) is 0 Å². The van der Waals surface area contributed by atoms with Crippen LogP contribution < -0.4 is 18.9 Å². The lowest BCUT2D eigenvalue weighted by Gasteiger charge is -2.73. The van der Waals surface area contributed by atoms with E-state index in [2.05, 4.69) is 142 Å². The van der Waals surface area contributed by atoms with Crippen LogP contribution in [-0.2, 0) is 50.6 Å². The molecule has 24 atom stereocenters. The zero-order valence-corrected chi connectivity index (χ0v) is 66.1. The van der Waals surface area contributed by atoms with Crippen LogP contribution >= 0.6 is 0 Å². The molecular formula is C90H122O12. The molecule has 12 nitrogen and oxygen atoms in total. The Hall–Kier alpha value is -5.10. The summed E-state index contributed by atoms with van der Waals surface area (Å²) in [6.45, 7) is 43.1. The molecule has 2 aromatic carbocycles.